The second-order valence-corrected chi connectivity index (χ2v) is 6.66. The van der Waals surface area contributed by atoms with Crippen LogP contribution < -0.4 is 4.90 Å². The summed E-state index contributed by atoms with van der Waals surface area (Å²) >= 11 is 0. The third-order valence-electron chi connectivity index (χ3n) is 5.08. The average Bonchev–Trinajstić information content (AvgIpc) is 2.73. The van der Waals surface area contributed by atoms with Gasteiger partial charge in [-0.3, -0.25) is 4.79 Å². The van der Waals surface area contributed by atoms with Crippen molar-refractivity contribution in [3.05, 3.63) is 66.5 Å². The number of hydrogen-bond donors (Lipinski definition) is 0. The van der Waals surface area contributed by atoms with Crippen molar-refractivity contribution in [2.45, 2.75) is 12.8 Å². The van der Waals surface area contributed by atoms with Crippen LogP contribution in [0, 0.1) is 0 Å². The Balaban J connectivity index is 1.46. The summed E-state index contributed by atoms with van der Waals surface area (Å²) in [5.41, 5.74) is 2.02. The predicted octanol–water partition coefficient (Wildman–Crippen LogP) is 3.08. The summed E-state index contributed by atoms with van der Waals surface area (Å²) in [5.74, 6) is 1.05. The van der Waals surface area contributed by atoms with Crippen LogP contribution in [0.2, 0.25) is 0 Å². The molecule has 1 amide bonds. The molecule has 1 aromatic heterocycles. The van der Waals surface area contributed by atoms with Gasteiger partial charge in [-0.05, 0) is 24.6 Å². The van der Waals surface area contributed by atoms with Crippen LogP contribution >= 0.6 is 0 Å². The van der Waals surface area contributed by atoms with Gasteiger partial charge in [-0.25, -0.2) is 9.97 Å². The highest BCUT2D eigenvalue weighted by molar-refractivity contribution is 5.89. The molecule has 1 atom stereocenters. The lowest BCUT2D eigenvalue weighted by Crippen LogP contribution is -2.50. The fraction of sp³-hybridized carbons (Fsp3) is 0.286. The zero-order valence-electron chi connectivity index (χ0n) is 14.9. The molecule has 132 valence electrons. The zero-order chi connectivity index (χ0) is 17.9. The van der Waals surface area contributed by atoms with Gasteiger partial charge in [0.05, 0.1) is 11.4 Å². The molecule has 0 N–H and O–H groups in total. The van der Waals surface area contributed by atoms with Crippen LogP contribution in [0.1, 0.15) is 18.4 Å². The van der Waals surface area contributed by atoms with Crippen molar-refractivity contribution in [3.63, 3.8) is 0 Å². The van der Waals surface area contributed by atoms with Gasteiger partial charge in [0.2, 0.25) is 5.91 Å². The van der Waals surface area contributed by atoms with Crippen LogP contribution in [0.3, 0.4) is 0 Å². The molecule has 0 saturated carbocycles. The van der Waals surface area contributed by atoms with E-state index >= 15 is 0 Å². The molecule has 5 heteroatoms. The third kappa shape index (κ3) is 3.12. The van der Waals surface area contributed by atoms with Gasteiger partial charge in [0, 0.05) is 31.6 Å². The number of anilines is 1. The largest absolute Gasteiger partial charge is 0.352 e. The second-order valence-electron chi connectivity index (χ2n) is 6.66. The SMILES string of the molecule is CC(C(=O)N1CCN(c2ncnc3ccccc23)CC1)c1ccccc1. The zero-order valence-corrected chi connectivity index (χ0v) is 14.9. The van der Waals surface area contributed by atoms with Gasteiger partial charge in [0.1, 0.15) is 12.1 Å². The number of amides is 1. The number of carbonyl (C=O) groups excluding carboxylic acids is 1. The smallest absolute Gasteiger partial charge is 0.229 e. The Morgan fingerprint density at radius 1 is 0.923 bits per heavy atom. The Kier molecular flexibility index (Phi) is 4.52. The fourth-order valence-corrected chi connectivity index (χ4v) is 3.54. The number of hydrogen-bond acceptors (Lipinski definition) is 4. The highest BCUT2D eigenvalue weighted by Crippen LogP contribution is 2.24. The average molecular weight is 346 g/mol. The molecule has 1 unspecified atom stereocenters. The van der Waals surface area contributed by atoms with Crippen LogP contribution in [0.15, 0.2) is 60.9 Å². The van der Waals surface area contributed by atoms with Crippen molar-refractivity contribution in [1.29, 1.82) is 0 Å². The number of piperazine rings is 1. The number of rotatable bonds is 3. The van der Waals surface area contributed by atoms with E-state index in [0.717, 1.165) is 35.4 Å². The number of para-hydroxylation sites is 1. The number of benzene rings is 2. The standard InChI is InChI=1S/C21H22N4O/c1-16(17-7-3-2-4-8-17)21(26)25-13-11-24(12-14-25)20-18-9-5-6-10-19(18)22-15-23-20/h2-10,15-16H,11-14H2,1H3. The Labute approximate surface area is 153 Å². The molecule has 5 nitrogen and oxygen atoms in total. The van der Waals surface area contributed by atoms with Crippen LogP contribution in [-0.2, 0) is 4.79 Å². The second kappa shape index (κ2) is 7.12. The molecule has 4 rings (SSSR count). The fourth-order valence-electron chi connectivity index (χ4n) is 3.54. The topological polar surface area (TPSA) is 49.3 Å². The third-order valence-corrected chi connectivity index (χ3v) is 5.08. The van der Waals surface area contributed by atoms with Crippen molar-refractivity contribution in [3.8, 4) is 0 Å². The van der Waals surface area contributed by atoms with Crippen LogP contribution in [-0.4, -0.2) is 47.0 Å². The van der Waals surface area contributed by atoms with E-state index in [2.05, 4.69) is 20.9 Å². The first-order chi connectivity index (χ1) is 12.7. The van der Waals surface area contributed by atoms with Crippen LogP contribution in [0.5, 0.6) is 0 Å². The van der Waals surface area contributed by atoms with E-state index < -0.39 is 0 Å². The van der Waals surface area contributed by atoms with E-state index in [-0.39, 0.29) is 11.8 Å². The maximum absolute atomic E-state index is 12.8. The van der Waals surface area contributed by atoms with E-state index in [1.54, 1.807) is 6.33 Å². The van der Waals surface area contributed by atoms with Crippen molar-refractivity contribution in [2.24, 2.45) is 0 Å². The summed E-state index contributed by atoms with van der Waals surface area (Å²) < 4.78 is 0. The van der Waals surface area contributed by atoms with Crippen molar-refractivity contribution in [1.82, 2.24) is 14.9 Å². The first kappa shape index (κ1) is 16.5. The first-order valence-corrected chi connectivity index (χ1v) is 9.02. The van der Waals surface area contributed by atoms with Gasteiger partial charge >= 0.3 is 0 Å². The van der Waals surface area contributed by atoms with Gasteiger partial charge < -0.3 is 9.80 Å². The lowest BCUT2D eigenvalue weighted by molar-refractivity contribution is -0.132. The Morgan fingerprint density at radius 3 is 2.38 bits per heavy atom. The summed E-state index contributed by atoms with van der Waals surface area (Å²) in [7, 11) is 0. The number of carbonyl (C=O) groups is 1. The normalized spacial score (nSPS) is 15.9. The lowest BCUT2D eigenvalue weighted by atomic mass is 9.99. The van der Waals surface area contributed by atoms with E-state index in [4.69, 9.17) is 0 Å². The maximum Gasteiger partial charge on any atom is 0.229 e. The van der Waals surface area contributed by atoms with Gasteiger partial charge in [-0.15, -0.1) is 0 Å². The molecule has 2 heterocycles. The summed E-state index contributed by atoms with van der Waals surface area (Å²) in [6.07, 6.45) is 1.62. The minimum atomic E-state index is -0.109. The molecule has 2 aromatic carbocycles. The molecule has 0 spiro atoms. The molecule has 1 aliphatic rings. The Bertz CT molecular complexity index is 899. The minimum absolute atomic E-state index is 0.109. The molecule has 0 aliphatic carbocycles. The minimum Gasteiger partial charge on any atom is -0.352 e. The van der Waals surface area contributed by atoms with Crippen LogP contribution in [0.25, 0.3) is 10.9 Å². The number of aromatic nitrogens is 2. The molecular weight excluding hydrogens is 324 g/mol. The first-order valence-electron chi connectivity index (χ1n) is 9.02. The van der Waals surface area contributed by atoms with Crippen molar-refractivity contribution >= 4 is 22.6 Å². The molecule has 1 saturated heterocycles. The predicted molar refractivity (Wildman–Crippen MR) is 103 cm³/mol. The van der Waals surface area contributed by atoms with Gasteiger partial charge in [-0.1, -0.05) is 42.5 Å². The summed E-state index contributed by atoms with van der Waals surface area (Å²) in [6, 6.07) is 18.0. The monoisotopic (exact) mass is 346 g/mol. The molecular formula is C21H22N4O. The van der Waals surface area contributed by atoms with Crippen molar-refractivity contribution < 1.29 is 4.79 Å². The summed E-state index contributed by atoms with van der Waals surface area (Å²) in [5, 5.41) is 1.06. The Morgan fingerprint density at radius 2 is 1.62 bits per heavy atom. The van der Waals surface area contributed by atoms with E-state index in [1.165, 1.54) is 0 Å². The maximum atomic E-state index is 12.8. The van der Waals surface area contributed by atoms with Gasteiger partial charge in [0.15, 0.2) is 0 Å². The molecule has 1 fully saturated rings. The molecule has 3 aromatic rings. The summed E-state index contributed by atoms with van der Waals surface area (Å²) in [6.45, 7) is 4.99. The van der Waals surface area contributed by atoms with Crippen LogP contribution in [0.4, 0.5) is 5.82 Å². The molecule has 0 bridgehead atoms. The Hall–Kier alpha value is -2.95. The molecule has 0 radical (unpaired) electrons. The highest BCUT2D eigenvalue weighted by atomic mass is 16.2. The number of nitrogens with zero attached hydrogens (tertiary/aromatic N) is 4. The van der Waals surface area contributed by atoms with E-state index in [9.17, 15) is 4.79 Å². The van der Waals surface area contributed by atoms with E-state index in [0.29, 0.717) is 13.1 Å². The molecule has 1 aliphatic heterocycles. The molecule has 26 heavy (non-hydrogen) atoms. The quantitative estimate of drug-likeness (QED) is 0.731. The number of fused-ring (bicyclic) bond motifs is 1. The van der Waals surface area contributed by atoms with Gasteiger partial charge in [0.25, 0.3) is 0 Å². The van der Waals surface area contributed by atoms with Crippen molar-refractivity contribution in [2.75, 3.05) is 31.1 Å². The van der Waals surface area contributed by atoms with Gasteiger partial charge in [-0.2, -0.15) is 0 Å². The lowest BCUT2D eigenvalue weighted by Gasteiger charge is -2.37. The summed E-state index contributed by atoms with van der Waals surface area (Å²) in [4.78, 5) is 25.9. The highest BCUT2D eigenvalue weighted by Gasteiger charge is 2.26. The van der Waals surface area contributed by atoms with E-state index in [1.807, 2.05) is 60.4 Å².